The molecule has 0 unspecified atom stereocenters. The molecule has 0 radical (unpaired) electrons. The first-order chi connectivity index (χ1) is 13.3. The van der Waals surface area contributed by atoms with Crippen LogP contribution in [0.3, 0.4) is 0 Å². The van der Waals surface area contributed by atoms with E-state index in [1.165, 1.54) is 5.39 Å². The van der Waals surface area contributed by atoms with E-state index in [1.54, 1.807) is 17.1 Å². The average molecular weight is 377 g/mol. The molecule has 136 valence electrons. The number of fused-ring (bicyclic) bond motifs is 1. The Morgan fingerprint density at radius 1 is 1.11 bits per heavy atom. The molecule has 0 aliphatic carbocycles. The lowest BCUT2D eigenvalue weighted by Crippen LogP contribution is -2.17. The Morgan fingerprint density at radius 3 is 2.74 bits per heavy atom. The van der Waals surface area contributed by atoms with Crippen molar-refractivity contribution in [2.45, 2.75) is 13.5 Å². The molecule has 2 aromatic heterocycles. The fourth-order valence-electron chi connectivity index (χ4n) is 3.09. The van der Waals surface area contributed by atoms with E-state index in [9.17, 15) is 0 Å². The normalized spacial score (nSPS) is 10.9. The van der Waals surface area contributed by atoms with Crippen LogP contribution in [0.5, 0.6) is 5.75 Å². The molecule has 0 atom stereocenters. The van der Waals surface area contributed by atoms with Crippen LogP contribution in [0, 0.1) is 4.77 Å². The summed E-state index contributed by atoms with van der Waals surface area (Å²) < 4.78 is 8.13. The van der Waals surface area contributed by atoms with Crippen LogP contribution in [0.2, 0.25) is 0 Å². The number of H-pyrrole nitrogens is 1. The Kier molecular flexibility index (Phi) is 4.84. The molecule has 0 bridgehead atoms. The Balaban J connectivity index is 1.72. The molecule has 0 fully saturated rings. The summed E-state index contributed by atoms with van der Waals surface area (Å²) in [7, 11) is 0. The van der Waals surface area contributed by atoms with Gasteiger partial charge in [-0.05, 0) is 48.1 Å². The second kappa shape index (κ2) is 7.59. The van der Waals surface area contributed by atoms with Gasteiger partial charge in [-0.3, -0.25) is 4.98 Å². The van der Waals surface area contributed by atoms with Crippen molar-refractivity contribution in [3.05, 3.63) is 71.3 Å². The van der Waals surface area contributed by atoms with E-state index in [2.05, 4.69) is 38.8 Å². The number of nitrogens with zero attached hydrogens (tertiary/aromatic N) is 3. The first-order valence-corrected chi connectivity index (χ1v) is 9.14. The van der Waals surface area contributed by atoms with Crippen molar-refractivity contribution < 1.29 is 4.74 Å². The molecule has 7 heteroatoms. The molecule has 4 aromatic rings. The minimum Gasteiger partial charge on any atom is -0.494 e. The van der Waals surface area contributed by atoms with Crippen LogP contribution in [-0.2, 0) is 6.54 Å². The molecule has 0 saturated carbocycles. The number of aromatic amines is 1. The van der Waals surface area contributed by atoms with Gasteiger partial charge in [0.25, 0.3) is 0 Å². The summed E-state index contributed by atoms with van der Waals surface area (Å²) in [4.78, 5) is 4.06. The largest absolute Gasteiger partial charge is 0.494 e. The third-order valence-electron chi connectivity index (χ3n) is 4.32. The molecular weight excluding hydrogens is 358 g/mol. The minimum absolute atomic E-state index is 0.500. The van der Waals surface area contributed by atoms with Crippen LogP contribution in [-0.4, -0.2) is 26.5 Å². The molecular formula is C20H19N5OS. The molecule has 2 N–H and O–H groups in total. The maximum absolute atomic E-state index is 5.85. The van der Waals surface area contributed by atoms with Crippen LogP contribution < -0.4 is 10.2 Å². The summed E-state index contributed by atoms with van der Waals surface area (Å²) in [6.45, 7) is 3.14. The van der Waals surface area contributed by atoms with Gasteiger partial charge in [0.1, 0.15) is 5.75 Å². The van der Waals surface area contributed by atoms with E-state index in [4.69, 9.17) is 17.0 Å². The molecule has 6 nitrogen and oxygen atoms in total. The van der Waals surface area contributed by atoms with Crippen LogP contribution in [0.25, 0.3) is 22.2 Å². The molecule has 2 aromatic carbocycles. The third-order valence-corrected chi connectivity index (χ3v) is 4.60. The standard InChI is InChI=1S/C20H19N5OS/c1-2-26-18-8-7-14-5-3-4-6-16(14)17(18)13-22-25-19(23-24-20(25)27)15-9-11-21-12-10-15/h3-12,22H,2,13H2,1H3,(H,24,27). The summed E-state index contributed by atoms with van der Waals surface area (Å²) in [5, 5.41) is 9.51. The number of rotatable bonds is 6. The van der Waals surface area contributed by atoms with E-state index < -0.39 is 0 Å². The van der Waals surface area contributed by atoms with Gasteiger partial charge < -0.3 is 10.2 Å². The lowest BCUT2D eigenvalue weighted by Gasteiger charge is -2.16. The highest BCUT2D eigenvalue weighted by atomic mass is 32.1. The van der Waals surface area contributed by atoms with Gasteiger partial charge >= 0.3 is 0 Å². The van der Waals surface area contributed by atoms with Crippen LogP contribution in [0.1, 0.15) is 12.5 Å². The number of pyridine rings is 1. The van der Waals surface area contributed by atoms with E-state index in [0.717, 1.165) is 22.3 Å². The zero-order valence-electron chi connectivity index (χ0n) is 14.8. The van der Waals surface area contributed by atoms with E-state index >= 15 is 0 Å². The quantitative estimate of drug-likeness (QED) is 0.491. The van der Waals surface area contributed by atoms with Gasteiger partial charge in [0.15, 0.2) is 5.82 Å². The molecule has 0 saturated heterocycles. The van der Waals surface area contributed by atoms with Crippen LogP contribution in [0.15, 0.2) is 60.9 Å². The predicted octanol–water partition coefficient (Wildman–Crippen LogP) is 4.30. The maximum Gasteiger partial charge on any atom is 0.214 e. The first kappa shape index (κ1) is 17.2. The zero-order valence-corrected chi connectivity index (χ0v) is 15.7. The first-order valence-electron chi connectivity index (χ1n) is 8.73. The van der Waals surface area contributed by atoms with Crippen molar-refractivity contribution in [2.75, 3.05) is 12.0 Å². The molecule has 0 aliphatic heterocycles. The van der Waals surface area contributed by atoms with E-state index in [-0.39, 0.29) is 0 Å². The van der Waals surface area contributed by atoms with Gasteiger partial charge in [-0.15, -0.1) is 0 Å². The number of benzene rings is 2. The Hall–Kier alpha value is -3.19. The highest BCUT2D eigenvalue weighted by Crippen LogP contribution is 2.28. The fourth-order valence-corrected chi connectivity index (χ4v) is 3.28. The molecule has 4 rings (SSSR count). The van der Waals surface area contributed by atoms with Crippen LogP contribution >= 0.6 is 12.2 Å². The number of ether oxygens (including phenoxy) is 1. The van der Waals surface area contributed by atoms with Gasteiger partial charge in [-0.2, -0.15) is 5.10 Å². The maximum atomic E-state index is 5.85. The fraction of sp³-hybridized carbons (Fsp3) is 0.150. The summed E-state index contributed by atoms with van der Waals surface area (Å²) in [5.41, 5.74) is 5.39. The van der Waals surface area contributed by atoms with Crippen molar-refractivity contribution in [3.63, 3.8) is 0 Å². The second-order valence-corrected chi connectivity index (χ2v) is 6.34. The van der Waals surface area contributed by atoms with Gasteiger partial charge in [0, 0.05) is 23.5 Å². The second-order valence-electron chi connectivity index (χ2n) is 5.95. The molecule has 0 aliphatic rings. The van der Waals surface area contributed by atoms with Crippen molar-refractivity contribution in [1.82, 2.24) is 19.9 Å². The highest BCUT2D eigenvalue weighted by molar-refractivity contribution is 7.71. The topological polar surface area (TPSA) is 67.8 Å². The van der Waals surface area contributed by atoms with Gasteiger partial charge in [0.05, 0.1) is 13.2 Å². The van der Waals surface area contributed by atoms with Crippen molar-refractivity contribution >= 4 is 23.0 Å². The average Bonchev–Trinajstić information content (AvgIpc) is 3.08. The molecule has 0 spiro atoms. The molecule has 2 heterocycles. The summed E-state index contributed by atoms with van der Waals surface area (Å²) in [6.07, 6.45) is 3.46. The van der Waals surface area contributed by atoms with Gasteiger partial charge in [-0.25, -0.2) is 9.77 Å². The lowest BCUT2D eigenvalue weighted by molar-refractivity contribution is 0.337. The van der Waals surface area contributed by atoms with Crippen molar-refractivity contribution in [3.8, 4) is 17.1 Å². The number of nitrogens with one attached hydrogen (secondary N) is 2. The summed E-state index contributed by atoms with van der Waals surface area (Å²) in [6, 6.07) is 16.2. The third kappa shape index (κ3) is 3.41. The SMILES string of the molecule is CCOc1ccc2ccccc2c1CNn1c(-c2ccncc2)n[nH]c1=S. The van der Waals surface area contributed by atoms with E-state index in [0.29, 0.717) is 23.7 Å². The summed E-state index contributed by atoms with van der Waals surface area (Å²) in [5.74, 6) is 1.57. The van der Waals surface area contributed by atoms with E-state index in [1.807, 2.05) is 37.3 Å². The molecule has 27 heavy (non-hydrogen) atoms. The smallest absolute Gasteiger partial charge is 0.214 e. The lowest BCUT2D eigenvalue weighted by atomic mass is 10.0. The van der Waals surface area contributed by atoms with Gasteiger partial charge in [0.2, 0.25) is 4.77 Å². The Morgan fingerprint density at radius 2 is 1.93 bits per heavy atom. The highest BCUT2D eigenvalue weighted by Gasteiger charge is 2.12. The van der Waals surface area contributed by atoms with Crippen molar-refractivity contribution in [2.24, 2.45) is 0 Å². The number of hydrogen-bond donors (Lipinski definition) is 2. The minimum atomic E-state index is 0.500. The Bertz CT molecular complexity index is 1120. The Labute approximate surface area is 161 Å². The van der Waals surface area contributed by atoms with Gasteiger partial charge in [-0.1, -0.05) is 30.3 Å². The molecule has 0 amide bonds. The van der Waals surface area contributed by atoms with Crippen LogP contribution in [0.4, 0.5) is 0 Å². The summed E-state index contributed by atoms with van der Waals surface area (Å²) >= 11 is 5.40. The number of hydrogen-bond acceptors (Lipinski definition) is 5. The number of aromatic nitrogens is 4. The predicted molar refractivity (Wildman–Crippen MR) is 109 cm³/mol. The van der Waals surface area contributed by atoms with Crippen molar-refractivity contribution in [1.29, 1.82) is 0 Å². The monoisotopic (exact) mass is 377 g/mol. The zero-order chi connectivity index (χ0) is 18.6.